The van der Waals surface area contributed by atoms with Gasteiger partial charge in [0.05, 0.1) is 17.1 Å². The molecule has 0 radical (unpaired) electrons. The zero-order valence-corrected chi connectivity index (χ0v) is 12.5. The van der Waals surface area contributed by atoms with Crippen LogP contribution in [-0.4, -0.2) is 45.0 Å². The SMILES string of the molecule is O=C(O)Cc1ccc(S(=O)(=O)CCC2CNCNC2)cc1. The molecule has 1 aliphatic rings. The van der Waals surface area contributed by atoms with Crippen LogP contribution < -0.4 is 10.6 Å². The maximum atomic E-state index is 12.3. The van der Waals surface area contributed by atoms with Crippen LogP contribution >= 0.6 is 0 Å². The molecule has 1 heterocycles. The van der Waals surface area contributed by atoms with Crippen molar-refractivity contribution in [3.8, 4) is 0 Å². The van der Waals surface area contributed by atoms with E-state index in [2.05, 4.69) is 10.6 Å². The third-order valence-corrected chi connectivity index (χ3v) is 5.31. The normalized spacial score (nSPS) is 16.8. The first-order valence-electron chi connectivity index (χ1n) is 6.92. The van der Waals surface area contributed by atoms with Gasteiger partial charge in [-0.2, -0.15) is 0 Å². The first kappa shape index (κ1) is 15.9. The highest BCUT2D eigenvalue weighted by Gasteiger charge is 2.19. The van der Waals surface area contributed by atoms with Gasteiger partial charge in [0.2, 0.25) is 0 Å². The predicted molar refractivity (Wildman–Crippen MR) is 78.8 cm³/mol. The van der Waals surface area contributed by atoms with Gasteiger partial charge in [-0.3, -0.25) is 4.79 Å². The van der Waals surface area contributed by atoms with E-state index in [4.69, 9.17) is 5.11 Å². The fraction of sp³-hybridized carbons (Fsp3) is 0.500. The molecule has 7 heteroatoms. The minimum Gasteiger partial charge on any atom is -0.481 e. The zero-order valence-electron chi connectivity index (χ0n) is 11.7. The van der Waals surface area contributed by atoms with E-state index >= 15 is 0 Å². The van der Waals surface area contributed by atoms with Crippen molar-refractivity contribution in [3.05, 3.63) is 29.8 Å². The van der Waals surface area contributed by atoms with Crippen LogP contribution in [0.15, 0.2) is 29.2 Å². The molecule has 1 aromatic carbocycles. The summed E-state index contributed by atoms with van der Waals surface area (Å²) < 4.78 is 24.5. The molecule has 116 valence electrons. The zero-order chi connectivity index (χ0) is 15.3. The third kappa shape index (κ3) is 4.80. The highest BCUT2D eigenvalue weighted by atomic mass is 32.2. The van der Waals surface area contributed by atoms with Crippen molar-refractivity contribution in [1.82, 2.24) is 10.6 Å². The highest BCUT2D eigenvalue weighted by molar-refractivity contribution is 7.91. The number of nitrogens with one attached hydrogen (secondary N) is 2. The maximum absolute atomic E-state index is 12.3. The van der Waals surface area contributed by atoms with Crippen molar-refractivity contribution < 1.29 is 18.3 Å². The summed E-state index contributed by atoms with van der Waals surface area (Å²) in [6, 6.07) is 6.10. The Hall–Kier alpha value is -1.44. The van der Waals surface area contributed by atoms with Crippen molar-refractivity contribution in [3.63, 3.8) is 0 Å². The molecular weight excluding hydrogens is 292 g/mol. The Morgan fingerprint density at radius 2 is 1.81 bits per heavy atom. The minimum absolute atomic E-state index is 0.0975. The predicted octanol–water partition coefficient (Wildman–Crippen LogP) is 0.244. The lowest BCUT2D eigenvalue weighted by molar-refractivity contribution is -0.136. The van der Waals surface area contributed by atoms with Crippen molar-refractivity contribution in [2.24, 2.45) is 5.92 Å². The van der Waals surface area contributed by atoms with E-state index in [1.165, 1.54) is 12.1 Å². The second-order valence-corrected chi connectivity index (χ2v) is 7.38. The van der Waals surface area contributed by atoms with E-state index in [0.717, 1.165) is 19.8 Å². The molecule has 0 unspecified atom stereocenters. The number of sulfone groups is 1. The Balaban J connectivity index is 1.96. The molecule has 0 aliphatic carbocycles. The van der Waals surface area contributed by atoms with E-state index in [9.17, 15) is 13.2 Å². The summed E-state index contributed by atoms with van der Waals surface area (Å²) in [5.41, 5.74) is 0.599. The molecule has 6 nitrogen and oxygen atoms in total. The Morgan fingerprint density at radius 1 is 1.19 bits per heavy atom. The summed E-state index contributed by atoms with van der Waals surface area (Å²) in [6.45, 7) is 2.44. The number of carboxylic acids is 1. The Kier molecular flexibility index (Phi) is 5.33. The number of hydrogen-bond donors (Lipinski definition) is 3. The number of aliphatic carboxylic acids is 1. The van der Waals surface area contributed by atoms with Crippen LogP contribution in [0.25, 0.3) is 0 Å². The van der Waals surface area contributed by atoms with E-state index in [-0.39, 0.29) is 17.1 Å². The van der Waals surface area contributed by atoms with Crippen LogP contribution in [0.1, 0.15) is 12.0 Å². The van der Waals surface area contributed by atoms with Crippen LogP contribution in [0.4, 0.5) is 0 Å². The number of carboxylic acid groups (broad SMARTS) is 1. The fourth-order valence-electron chi connectivity index (χ4n) is 2.35. The summed E-state index contributed by atoms with van der Waals surface area (Å²) in [7, 11) is -3.31. The van der Waals surface area contributed by atoms with Crippen LogP contribution in [0.3, 0.4) is 0 Å². The van der Waals surface area contributed by atoms with Crippen molar-refractivity contribution in [2.45, 2.75) is 17.7 Å². The molecule has 2 rings (SSSR count). The quantitative estimate of drug-likeness (QED) is 0.697. The standard InChI is InChI=1S/C14H20N2O4S/c17-14(18)7-11-1-3-13(4-2-11)21(19,20)6-5-12-8-15-10-16-9-12/h1-4,12,15-16H,5-10H2,(H,17,18). The van der Waals surface area contributed by atoms with E-state index in [1.807, 2.05) is 0 Å². The summed E-state index contributed by atoms with van der Waals surface area (Å²) in [5, 5.41) is 15.0. The van der Waals surface area contributed by atoms with E-state index in [1.54, 1.807) is 12.1 Å². The van der Waals surface area contributed by atoms with Gasteiger partial charge in [0.1, 0.15) is 0 Å². The van der Waals surface area contributed by atoms with Crippen LogP contribution in [0.5, 0.6) is 0 Å². The molecule has 0 amide bonds. The summed E-state index contributed by atoms with van der Waals surface area (Å²) in [6.07, 6.45) is 0.513. The number of carbonyl (C=O) groups is 1. The molecule has 0 atom stereocenters. The van der Waals surface area contributed by atoms with Gasteiger partial charge in [-0.25, -0.2) is 8.42 Å². The lowest BCUT2D eigenvalue weighted by atomic mass is 10.1. The largest absolute Gasteiger partial charge is 0.481 e. The van der Waals surface area contributed by atoms with Crippen LogP contribution in [0.2, 0.25) is 0 Å². The lowest BCUT2D eigenvalue weighted by Crippen LogP contribution is -2.44. The molecule has 21 heavy (non-hydrogen) atoms. The van der Waals surface area contributed by atoms with E-state index in [0.29, 0.717) is 17.9 Å². The molecular formula is C14H20N2O4S. The Morgan fingerprint density at radius 3 is 2.38 bits per heavy atom. The van der Waals surface area contributed by atoms with Gasteiger partial charge in [0.25, 0.3) is 0 Å². The van der Waals surface area contributed by atoms with Gasteiger partial charge >= 0.3 is 5.97 Å². The topological polar surface area (TPSA) is 95.5 Å². The summed E-state index contributed by atoms with van der Waals surface area (Å²) >= 11 is 0. The van der Waals surface area contributed by atoms with Gasteiger partial charge in [-0.15, -0.1) is 0 Å². The number of benzene rings is 1. The van der Waals surface area contributed by atoms with Gasteiger partial charge in [-0.05, 0) is 30.0 Å². The van der Waals surface area contributed by atoms with Gasteiger partial charge in [0, 0.05) is 19.8 Å². The van der Waals surface area contributed by atoms with Crippen molar-refractivity contribution in [2.75, 3.05) is 25.5 Å². The molecule has 1 aliphatic heterocycles. The molecule has 0 spiro atoms. The van der Waals surface area contributed by atoms with Gasteiger partial charge in [0.15, 0.2) is 9.84 Å². The Bertz CT molecular complexity index is 577. The molecule has 1 fully saturated rings. The van der Waals surface area contributed by atoms with Gasteiger partial charge < -0.3 is 15.7 Å². The smallest absolute Gasteiger partial charge is 0.307 e. The van der Waals surface area contributed by atoms with Crippen molar-refractivity contribution in [1.29, 1.82) is 0 Å². The molecule has 0 aromatic heterocycles. The molecule has 3 N–H and O–H groups in total. The average molecular weight is 312 g/mol. The second-order valence-electron chi connectivity index (χ2n) is 5.27. The monoisotopic (exact) mass is 312 g/mol. The van der Waals surface area contributed by atoms with Crippen LogP contribution in [0, 0.1) is 5.92 Å². The van der Waals surface area contributed by atoms with Crippen LogP contribution in [-0.2, 0) is 21.1 Å². The number of hydrogen-bond acceptors (Lipinski definition) is 5. The molecule has 1 saturated heterocycles. The molecule has 0 saturated carbocycles. The fourth-order valence-corrected chi connectivity index (χ4v) is 3.78. The first-order valence-corrected chi connectivity index (χ1v) is 8.57. The summed E-state index contributed by atoms with van der Waals surface area (Å²) in [4.78, 5) is 10.9. The maximum Gasteiger partial charge on any atom is 0.307 e. The minimum atomic E-state index is -3.31. The second kappa shape index (κ2) is 7.02. The first-order chi connectivity index (χ1) is 9.97. The van der Waals surface area contributed by atoms with Gasteiger partial charge in [-0.1, -0.05) is 12.1 Å². The highest BCUT2D eigenvalue weighted by Crippen LogP contribution is 2.16. The lowest BCUT2D eigenvalue weighted by Gasteiger charge is -2.23. The summed E-state index contributed by atoms with van der Waals surface area (Å²) in [5.74, 6) is -0.498. The molecule has 1 aromatic rings. The number of rotatable bonds is 6. The molecule has 0 bridgehead atoms. The average Bonchev–Trinajstić information content (AvgIpc) is 2.46. The Labute approximate surface area is 124 Å². The van der Waals surface area contributed by atoms with E-state index < -0.39 is 15.8 Å². The van der Waals surface area contributed by atoms with Crippen molar-refractivity contribution >= 4 is 15.8 Å². The third-order valence-electron chi connectivity index (χ3n) is 3.55.